The first-order chi connectivity index (χ1) is 9.22. The molecule has 1 aromatic heterocycles. The molecule has 0 amide bonds. The van der Waals surface area contributed by atoms with E-state index in [9.17, 15) is 0 Å². The van der Waals surface area contributed by atoms with E-state index in [4.69, 9.17) is 23.2 Å². The van der Waals surface area contributed by atoms with Gasteiger partial charge in [-0.2, -0.15) is 0 Å². The van der Waals surface area contributed by atoms with Crippen LogP contribution in [0.25, 0.3) is 0 Å². The second-order valence-electron chi connectivity index (χ2n) is 5.60. The molecule has 1 saturated carbocycles. The van der Waals surface area contributed by atoms with E-state index < -0.39 is 0 Å². The van der Waals surface area contributed by atoms with Crippen LogP contribution in [-0.4, -0.2) is 30.7 Å². The van der Waals surface area contributed by atoms with Crippen molar-refractivity contribution in [1.29, 1.82) is 0 Å². The van der Waals surface area contributed by atoms with Gasteiger partial charge in [0.2, 0.25) is 0 Å². The number of halogens is 2. The number of aromatic nitrogens is 1. The first-order valence-electron chi connectivity index (χ1n) is 7.02. The van der Waals surface area contributed by atoms with Gasteiger partial charge in [-0.25, -0.2) is 4.98 Å². The van der Waals surface area contributed by atoms with E-state index in [0.717, 1.165) is 31.4 Å². The summed E-state index contributed by atoms with van der Waals surface area (Å²) in [6.07, 6.45) is 6.86. The maximum atomic E-state index is 6.30. The molecule has 1 atom stereocenters. The Morgan fingerprint density at radius 3 is 2.74 bits per heavy atom. The van der Waals surface area contributed by atoms with E-state index >= 15 is 0 Å². The van der Waals surface area contributed by atoms with Gasteiger partial charge in [-0.15, -0.1) is 0 Å². The summed E-state index contributed by atoms with van der Waals surface area (Å²) < 4.78 is 0. The molecular weight excluding hydrogens is 281 g/mol. The molecule has 0 bridgehead atoms. The largest absolute Gasteiger partial charge is 0.354 e. The van der Waals surface area contributed by atoms with Crippen LogP contribution in [-0.2, 0) is 0 Å². The van der Waals surface area contributed by atoms with Crippen LogP contribution < -0.4 is 10.2 Å². The number of hydrogen-bond donors (Lipinski definition) is 1. The Kier molecular flexibility index (Phi) is 4.15. The first kappa shape index (κ1) is 13.5. The number of nitrogens with one attached hydrogen (secondary N) is 1. The Morgan fingerprint density at radius 2 is 2.11 bits per heavy atom. The number of rotatable bonds is 5. The van der Waals surface area contributed by atoms with E-state index in [0.29, 0.717) is 16.1 Å². The highest BCUT2D eigenvalue weighted by molar-refractivity contribution is 6.36. The van der Waals surface area contributed by atoms with Crippen LogP contribution in [0.3, 0.4) is 0 Å². The van der Waals surface area contributed by atoms with Gasteiger partial charge in [0, 0.05) is 25.3 Å². The van der Waals surface area contributed by atoms with Gasteiger partial charge in [-0.3, -0.25) is 0 Å². The van der Waals surface area contributed by atoms with Crippen LogP contribution in [0, 0.1) is 5.92 Å². The molecular formula is C14H19Cl2N3. The topological polar surface area (TPSA) is 28.2 Å². The lowest BCUT2D eigenvalue weighted by molar-refractivity contribution is 0.567. The summed E-state index contributed by atoms with van der Waals surface area (Å²) in [5, 5.41) is 4.80. The van der Waals surface area contributed by atoms with Crippen LogP contribution in [0.1, 0.15) is 25.7 Å². The Bertz CT molecular complexity index is 442. The second kappa shape index (κ2) is 5.86. The molecule has 2 fully saturated rings. The molecule has 1 N–H and O–H groups in total. The monoisotopic (exact) mass is 299 g/mol. The van der Waals surface area contributed by atoms with Crippen LogP contribution in [0.15, 0.2) is 12.3 Å². The predicted octanol–water partition coefficient (Wildman–Crippen LogP) is 3.36. The van der Waals surface area contributed by atoms with Crippen LogP contribution in [0.5, 0.6) is 0 Å². The summed E-state index contributed by atoms with van der Waals surface area (Å²) in [4.78, 5) is 6.77. The Balaban J connectivity index is 1.75. The lowest BCUT2D eigenvalue weighted by atomic mass is 10.2. The maximum absolute atomic E-state index is 6.30. The molecule has 3 rings (SSSR count). The zero-order valence-corrected chi connectivity index (χ0v) is 12.4. The van der Waals surface area contributed by atoms with Crippen LogP contribution in [0.2, 0.25) is 10.0 Å². The lowest BCUT2D eigenvalue weighted by Crippen LogP contribution is -2.39. The fraction of sp³-hybridized carbons (Fsp3) is 0.643. The highest BCUT2D eigenvalue weighted by Crippen LogP contribution is 2.34. The summed E-state index contributed by atoms with van der Waals surface area (Å²) in [5.41, 5.74) is 0. The summed E-state index contributed by atoms with van der Waals surface area (Å²) in [7, 11) is 0. The fourth-order valence-electron chi connectivity index (χ4n) is 2.68. The van der Waals surface area contributed by atoms with Gasteiger partial charge in [0.25, 0.3) is 0 Å². The van der Waals surface area contributed by atoms with Crippen LogP contribution in [0.4, 0.5) is 5.82 Å². The molecule has 2 heterocycles. The van der Waals surface area contributed by atoms with Crippen molar-refractivity contribution in [3.63, 3.8) is 0 Å². The third kappa shape index (κ3) is 3.53. The van der Waals surface area contributed by atoms with E-state index in [2.05, 4.69) is 15.2 Å². The molecule has 5 heteroatoms. The van der Waals surface area contributed by atoms with Gasteiger partial charge < -0.3 is 10.2 Å². The predicted molar refractivity (Wildman–Crippen MR) is 80.2 cm³/mol. The minimum atomic E-state index is 0.562. The third-order valence-corrected chi connectivity index (χ3v) is 4.35. The van der Waals surface area contributed by atoms with E-state index in [-0.39, 0.29) is 0 Å². The molecule has 19 heavy (non-hydrogen) atoms. The summed E-state index contributed by atoms with van der Waals surface area (Å²) >= 11 is 12.2. The Hall–Kier alpha value is -0.510. The standard InChI is InChI=1S/C14H19Cl2N3/c15-11-6-13(16)14(18-7-11)19(8-10-3-4-10)9-12-2-1-5-17-12/h6-7,10,12,17H,1-5,8-9H2. The molecule has 3 nitrogen and oxygen atoms in total. The van der Waals surface area contributed by atoms with Crippen molar-refractivity contribution >= 4 is 29.0 Å². The van der Waals surface area contributed by atoms with Crippen molar-refractivity contribution in [2.24, 2.45) is 5.92 Å². The van der Waals surface area contributed by atoms with Crippen molar-refractivity contribution in [2.45, 2.75) is 31.7 Å². The Labute approximate surface area is 124 Å². The molecule has 1 aliphatic heterocycles. The minimum Gasteiger partial charge on any atom is -0.354 e. The van der Waals surface area contributed by atoms with E-state index in [1.807, 2.05) is 0 Å². The molecule has 1 saturated heterocycles. The summed E-state index contributed by atoms with van der Waals surface area (Å²) in [6, 6.07) is 2.35. The van der Waals surface area contributed by atoms with Crippen LogP contribution >= 0.6 is 23.2 Å². The van der Waals surface area contributed by atoms with Crippen molar-refractivity contribution in [2.75, 3.05) is 24.5 Å². The molecule has 0 aromatic carbocycles. The van der Waals surface area contributed by atoms with Crippen molar-refractivity contribution in [1.82, 2.24) is 10.3 Å². The normalized spacial score (nSPS) is 22.7. The molecule has 0 spiro atoms. The van der Waals surface area contributed by atoms with Gasteiger partial charge >= 0.3 is 0 Å². The SMILES string of the molecule is Clc1cnc(N(CC2CC2)CC2CCCN2)c(Cl)c1. The zero-order chi connectivity index (χ0) is 13.2. The average Bonchev–Trinajstić information content (AvgIpc) is 3.03. The van der Waals surface area contributed by atoms with Gasteiger partial charge in [0.1, 0.15) is 5.82 Å². The number of pyridine rings is 1. The van der Waals surface area contributed by atoms with Gasteiger partial charge in [0.15, 0.2) is 0 Å². The zero-order valence-electron chi connectivity index (χ0n) is 10.9. The molecule has 1 aromatic rings. The minimum absolute atomic E-state index is 0.562. The Morgan fingerprint density at radius 1 is 1.26 bits per heavy atom. The number of nitrogens with zero attached hydrogens (tertiary/aromatic N) is 2. The molecule has 1 aliphatic carbocycles. The second-order valence-corrected chi connectivity index (χ2v) is 6.44. The van der Waals surface area contributed by atoms with Crippen molar-refractivity contribution in [3.05, 3.63) is 22.3 Å². The van der Waals surface area contributed by atoms with Gasteiger partial charge in [-0.1, -0.05) is 23.2 Å². The maximum Gasteiger partial charge on any atom is 0.147 e. The fourth-order valence-corrected chi connectivity index (χ4v) is 3.18. The smallest absolute Gasteiger partial charge is 0.147 e. The molecule has 1 unspecified atom stereocenters. The van der Waals surface area contributed by atoms with Crippen molar-refractivity contribution < 1.29 is 0 Å². The highest BCUT2D eigenvalue weighted by atomic mass is 35.5. The number of hydrogen-bond acceptors (Lipinski definition) is 3. The summed E-state index contributed by atoms with van der Waals surface area (Å²) in [6.45, 7) is 3.18. The van der Waals surface area contributed by atoms with E-state index in [1.54, 1.807) is 12.3 Å². The highest BCUT2D eigenvalue weighted by Gasteiger charge is 2.28. The number of anilines is 1. The molecule has 0 radical (unpaired) electrons. The van der Waals surface area contributed by atoms with Gasteiger partial charge in [-0.05, 0) is 44.2 Å². The average molecular weight is 300 g/mol. The van der Waals surface area contributed by atoms with E-state index in [1.165, 1.54) is 25.7 Å². The lowest BCUT2D eigenvalue weighted by Gasteiger charge is -2.27. The quantitative estimate of drug-likeness (QED) is 0.904. The molecule has 2 aliphatic rings. The summed E-state index contributed by atoms with van der Waals surface area (Å²) in [5.74, 6) is 1.70. The van der Waals surface area contributed by atoms with Crippen molar-refractivity contribution in [3.8, 4) is 0 Å². The van der Waals surface area contributed by atoms with Gasteiger partial charge in [0.05, 0.1) is 10.0 Å². The third-order valence-electron chi connectivity index (χ3n) is 3.87. The molecule has 104 valence electrons. The first-order valence-corrected chi connectivity index (χ1v) is 7.77.